The first kappa shape index (κ1) is 18.2. The minimum atomic E-state index is -4.36. The standard InChI is InChI=1S/C18H18F3N3O2/c19-18(20,21)15-5-3-6-16(12-15)23-10-8-22(9-11-23)13-14-4-1-2-7-17(14)24(25)26/h1-7,12H,8-11,13H2. The highest BCUT2D eigenvalue weighted by Crippen LogP contribution is 2.32. The van der Waals surface area contributed by atoms with Crippen LogP contribution >= 0.6 is 0 Å². The van der Waals surface area contributed by atoms with Crippen molar-refractivity contribution in [3.05, 3.63) is 69.8 Å². The molecule has 2 aromatic rings. The lowest BCUT2D eigenvalue weighted by Gasteiger charge is -2.36. The van der Waals surface area contributed by atoms with Gasteiger partial charge in [0.1, 0.15) is 0 Å². The van der Waals surface area contributed by atoms with Crippen LogP contribution in [0.3, 0.4) is 0 Å². The summed E-state index contributed by atoms with van der Waals surface area (Å²) in [6.07, 6.45) is -4.36. The summed E-state index contributed by atoms with van der Waals surface area (Å²) in [6, 6.07) is 11.9. The van der Waals surface area contributed by atoms with E-state index >= 15 is 0 Å². The van der Waals surface area contributed by atoms with Gasteiger partial charge in [0.25, 0.3) is 5.69 Å². The van der Waals surface area contributed by atoms with Gasteiger partial charge in [-0.3, -0.25) is 15.0 Å². The van der Waals surface area contributed by atoms with Crippen LogP contribution < -0.4 is 4.90 Å². The SMILES string of the molecule is O=[N+]([O-])c1ccccc1CN1CCN(c2cccc(C(F)(F)F)c2)CC1. The van der Waals surface area contributed by atoms with Crippen molar-refractivity contribution in [1.29, 1.82) is 0 Å². The highest BCUT2D eigenvalue weighted by Gasteiger charge is 2.31. The topological polar surface area (TPSA) is 49.6 Å². The Morgan fingerprint density at radius 2 is 1.69 bits per heavy atom. The molecule has 1 heterocycles. The Morgan fingerprint density at radius 3 is 2.35 bits per heavy atom. The first-order chi connectivity index (χ1) is 12.3. The Morgan fingerprint density at radius 1 is 1.00 bits per heavy atom. The molecule has 8 heteroatoms. The van der Waals surface area contributed by atoms with Gasteiger partial charge in [0.05, 0.1) is 10.5 Å². The van der Waals surface area contributed by atoms with Crippen LogP contribution in [-0.2, 0) is 12.7 Å². The molecule has 0 bridgehead atoms. The minimum Gasteiger partial charge on any atom is -0.369 e. The zero-order chi connectivity index (χ0) is 18.7. The van der Waals surface area contributed by atoms with Crippen molar-refractivity contribution in [2.45, 2.75) is 12.7 Å². The van der Waals surface area contributed by atoms with E-state index in [1.54, 1.807) is 24.3 Å². The zero-order valence-electron chi connectivity index (χ0n) is 13.9. The van der Waals surface area contributed by atoms with Crippen molar-refractivity contribution < 1.29 is 18.1 Å². The third kappa shape index (κ3) is 4.13. The van der Waals surface area contributed by atoms with Crippen LogP contribution in [0.4, 0.5) is 24.5 Å². The molecular weight excluding hydrogens is 347 g/mol. The summed E-state index contributed by atoms with van der Waals surface area (Å²) in [5.74, 6) is 0. The Balaban J connectivity index is 1.64. The second-order valence-corrected chi connectivity index (χ2v) is 6.20. The van der Waals surface area contributed by atoms with Gasteiger partial charge < -0.3 is 4.90 Å². The molecule has 3 rings (SSSR count). The summed E-state index contributed by atoms with van der Waals surface area (Å²) in [5, 5.41) is 11.1. The van der Waals surface area contributed by atoms with E-state index < -0.39 is 16.7 Å². The molecule has 0 atom stereocenters. The van der Waals surface area contributed by atoms with E-state index in [0.29, 0.717) is 44.0 Å². The molecule has 1 aliphatic heterocycles. The average molecular weight is 365 g/mol. The molecule has 0 N–H and O–H groups in total. The number of halogens is 3. The number of rotatable bonds is 4. The van der Waals surface area contributed by atoms with Crippen molar-refractivity contribution in [2.75, 3.05) is 31.1 Å². The first-order valence-electron chi connectivity index (χ1n) is 8.21. The summed E-state index contributed by atoms with van der Waals surface area (Å²) >= 11 is 0. The van der Waals surface area contributed by atoms with Gasteiger partial charge in [-0.15, -0.1) is 0 Å². The molecule has 0 aliphatic carbocycles. The summed E-state index contributed by atoms with van der Waals surface area (Å²) in [5.41, 5.74) is 0.625. The van der Waals surface area contributed by atoms with E-state index in [4.69, 9.17) is 0 Å². The lowest BCUT2D eigenvalue weighted by Crippen LogP contribution is -2.46. The average Bonchev–Trinajstić information content (AvgIpc) is 2.62. The number of piperazine rings is 1. The number of alkyl halides is 3. The van der Waals surface area contributed by atoms with E-state index in [2.05, 4.69) is 4.90 Å². The van der Waals surface area contributed by atoms with Crippen molar-refractivity contribution in [1.82, 2.24) is 4.90 Å². The van der Waals surface area contributed by atoms with E-state index in [1.165, 1.54) is 12.1 Å². The van der Waals surface area contributed by atoms with Crippen molar-refractivity contribution in [3.63, 3.8) is 0 Å². The monoisotopic (exact) mass is 365 g/mol. The summed E-state index contributed by atoms with van der Waals surface area (Å²) < 4.78 is 38.6. The molecule has 0 spiro atoms. The molecule has 138 valence electrons. The molecule has 0 radical (unpaired) electrons. The molecule has 2 aromatic carbocycles. The van der Waals surface area contributed by atoms with Crippen LogP contribution in [0.15, 0.2) is 48.5 Å². The number of para-hydroxylation sites is 1. The predicted octanol–water partition coefficient (Wildman–Crippen LogP) is 3.94. The highest BCUT2D eigenvalue weighted by molar-refractivity contribution is 5.49. The van der Waals surface area contributed by atoms with Gasteiger partial charge in [-0.2, -0.15) is 13.2 Å². The second-order valence-electron chi connectivity index (χ2n) is 6.20. The van der Waals surface area contributed by atoms with Gasteiger partial charge in [-0.05, 0) is 18.2 Å². The van der Waals surface area contributed by atoms with E-state index in [1.807, 2.05) is 4.90 Å². The van der Waals surface area contributed by atoms with Crippen molar-refractivity contribution in [2.24, 2.45) is 0 Å². The number of nitrogens with zero attached hydrogens (tertiary/aromatic N) is 3. The van der Waals surface area contributed by atoms with Gasteiger partial charge >= 0.3 is 6.18 Å². The lowest BCUT2D eigenvalue weighted by molar-refractivity contribution is -0.385. The predicted molar refractivity (Wildman–Crippen MR) is 92.0 cm³/mol. The first-order valence-corrected chi connectivity index (χ1v) is 8.21. The number of hydrogen-bond acceptors (Lipinski definition) is 4. The van der Waals surface area contributed by atoms with Crippen LogP contribution in [0.1, 0.15) is 11.1 Å². The van der Waals surface area contributed by atoms with Gasteiger partial charge in [0.2, 0.25) is 0 Å². The zero-order valence-corrected chi connectivity index (χ0v) is 13.9. The van der Waals surface area contributed by atoms with E-state index in [9.17, 15) is 23.3 Å². The fraction of sp³-hybridized carbons (Fsp3) is 0.333. The number of nitro benzene ring substituents is 1. The fourth-order valence-corrected chi connectivity index (χ4v) is 3.11. The lowest BCUT2D eigenvalue weighted by atomic mass is 10.1. The van der Waals surface area contributed by atoms with Crippen molar-refractivity contribution >= 4 is 11.4 Å². The smallest absolute Gasteiger partial charge is 0.369 e. The van der Waals surface area contributed by atoms with Crippen LogP contribution in [0, 0.1) is 10.1 Å². The maximum atomic E-state index is 12.9. The van der Waals surface area contributed by atoms with Gasteiger partial charge in [0.15, 0.2) is 0 Å². The van der Waals surface area contributed by atoms with Gasteiger partial charge in [-0.25, -0.2) is 0 Å². The Kier molecular flexibility index (Phi) is 5.13. The molecule has 0 aromatic heterocycles. The maximum Gasteiger partial charge on any atom is 0.416 e. The molecule has 26 heavy (non-hydrogen) atoms. The summed E-state index contributed by atoms with van der Waals surface area (Å²) in [7, 11) is 0. The number of benzene rings is 2. The molecular formula is C18H18F3N3O2. The van der Waals surface area contributed by atoms with Crippen molar-refractivity contribution in [3.8, 4) is 0 Å². The largest absolute Gasteiger partial charge is 0.416 e. The number of hydrogen-bond donors (Lipinski definition) is 0. The second kappa shape index (κ2) is 7.33. The molecule has 1 saturated heterocycles. The molecule has 1 aliphatic rings. The number of anilines is 1. The molecule has 5 nitrogen and oxygen atoms in total. The molecule has 0 unspecified atom stereocenters. The maximum absolute atomic E-state index is 12.9. The van der Waals surface area contributed by atoms with Crippen LogP contribution in [0.2, 0.25) is 0 Å². The minimum absolute atomic E-state index is 0.0906. The number of nitro groups is 1. The third-order valence-corrected chi connectivity index (χ3v) is 4.49. The highest BCUT2D eigenvalue weighted by atomic mass is 19.4. The normalized spacial score (nSPS) is 15.9. The van der Waals surface area contributed by atoms with E-state index in [-0.39, 0.29) is 5.69 Å². The van der Waals surface area contributed by atoms with Gasteiger partial charge in [-0.1, -0.05) is 24.3 Å². The van der Waals surface area contributed by atoms with Crippen LogP contribution in [0.5, 0.6) is 0 Å². The Labute approximate surface area is 148 Å². The Bertz CT molecular complexity index is 787. The third-order valence-electron chi connectivity index (χ3n) is 4.49. The molecule has 0 amide bonds. The Hall–Kier alpha value is -2.61. The molecule has 1 fully saturated rings. The quantitative estimate of drug-likeness (QED) is 0.608. The van der Waals surface area contributed by atoms with Crippen LogP contribution in [-0.4, -0.2) is 36.0 Å². The summed E-state index contributed by atoms with van der Waals surface area (Å²) in [6.45, 7) is 2.85. The molecule has 0 saturated carbocycles. The summed E-state index contributed by atoms with van der Waals surface area (Å²) in [4.78, 5) is 14.7. The fourth-order valence-electron chi connectivity index (χ4n) is 3.11. The van der Waals surface area contributed by atoms with Crippen LogP contribution in [0.25, 0.3) is 0 Å². The van der Waals surface area contributed by atoms with Gasteiger partial charge in [0, 0.05) is 50.0 Å². The van der Waals surface area contributed by atoms with E-state index in [0.717, 1.165) is 12.1 Å².